The highest BCUT2D eigenvalue weighted by atomic mass is 35.5. The summed E-state index contributed by atoms with van der Waals surface area (Å²) in [6.45, 7) is 6.51. The van der Waals surface area contributed by atoms with Gasteiger partial charge in [-0.25, -0.2) is 4.98 Å². The van der Waals surface area contributed by atoms with Crippen LogP contribution in [0.1, 0.15) is 19.7 Å². The van der Waals surface area contributed by atoms with Crippen LogP contribution in [-0.2, 0) is 10.5 Å². The van der Waals surface area contributed by atoms with Gasteiger partial charge >= 0.3 is 0 Å². The van der Waals surface area contributed by atoms with Crippen molar-refractivity contribution in [3.8, 4) is 11.3 Å². The lowest BCUT2D eigenvalue weighted by atomic mass is 10.2. The van der Waals surface area contributed by atoms with E-state index in [1.54, 1.807) is 18.0 Å². The smallest absolute Gasteiger partial charge is 0.235 e. The second-order valence-electron chi connectivity index (χ2n) is 6.16. The minimum Gasteiger partial charge on any atom is -0.440 e. The standard InChI is InChI=1S/C18H22ClN3O2S.2ClH/c1-12-9-20-7-8-22(12)18(23)13(2)25-11-17-21-10-16(24-17)14-3-5-15(19)6-4-14;;/h3-6,10,12-13,20H,7-9,11H2,1-2H3;2*1H/t12-,13?;;/m1../s1. The summed E-state index contributed by atoms with van der Waals surface area (Å²) in [4.78, 5) is 18.9. The van der Waals surface area contributed by atoms with Gasteiger partial charge in [-0.3, -0.25) is 4.79 Å². The van der Waals surface area contributed by atoms with Crippen molar-refractivity contribution in [3.05, 3.63) is 41.4 Å². The molecule has 0 radical (unpaired) electrons. The van der Waals surface area contributed by atoms with Gasteiger partial charge in [0.1, 0.15) is 0 Å². The maximum absolute atomic E-state index is 12.6. The average molecular weight is 453 g/mol. The highest BCUT2D eigenvalue weighted by Gasteiger charge is 2.27. The van der Waals surface area contributed by atoms with Gasteiger partial charge in [0.05, 0.1) is 17.2 Å². The van der Waals surface area contributed by atoms with Crippen LogP contribution in [0.4, 0.5) is 0 Å². The predicted octanol–water partition coefficient (Wildman–Crippen LogP) is 4.28. The van der Waals surface area contributed by atoms with E-state index in [1.165, 1.54) is 0 Å². The lowest BCUT2D eigenvalue weighted by Crippen LogP contribution is -2.54. The summed E-state index contributed by atoms with van der Waals surface area (Å²) < 4.78 is 5.80. The highest BCUT2D eigenvalue weighted by molar-refractivity contribution is 7.99. The zero-order chi connectivity index (χ0) is 17.8. The molecule has 2 aromatic rings. The molecule has 1 aromatic carbocycles. The number of benzene rings is 1. The third-order valence-electron chi connectivity index (χ3n) is 4.27. The third kappa shape index (κ3) is 6.29. The molecule has 1 amide bonds. The van der Waals surface area contributed by atoms with Crippen LogP contribution in [0.5, 0.6) is 0 Å². The molecule has 2 heterocycles. The normalized spacial score (nSPS) is 17.6. The Hall–Kier alpha value is -0.920. The van der Waals surface area contributed by atoms with Crippen molar-refractivity contribution in [2.24, 2.45) is 0 Å². The molecule has 1 saturated heterocycles. The van der Waals surface area contributed by atoms with E-state index in [-0.39, 0.29) is 42.0 Å². The quantitative estimate of drug-likeness (QED) is 0.734. The molecule has 150 valence electrons. The van der Waals surface area contributed by atoms with Gasteiger partial charge in [0.15, 0.2) is 5.76 Å². The Morgan fingerprint density at radius 3 is 2.78 bits per heavy atom. The number of carbonyl (C=O) groups excluding carboxylic acids is 1. The van der Waals surface area contributed by atoms with Crippen LogP contribution in [0.15, 0.2) is 34.9 Å². The molecule has 0 saturated carbocycles. The van der Waals surface area contributed by atoms with Gasteiger partial charge in [0.25, 0.3) is 0 Å². The molecule has 0 bridgehead atoms. The molecule has 27 heavy (non-hydrogen) atoms. The summed E-state index contributed by atoms with van der Waals surface area (Å²) in [5.74, 6) is 2.09. The molecular weight excluding hydrogens is 429 g/mol. The number of oxazole rings is 1. The lowest BCUT2D eigenvalue weighted by Gasteiger charge is -2.35. The van der Waals surface area contributed by atoms with Crippen molar-refractivity contribution in [1.82, 2.24) is 15.2 Å². The van der Waals surface area contributed by atoms with Crippen LogP contribution in [0.25, 0.3) is 11.3 Å². The van der Waals surface area contributed by atoms with E-state index in [1.807, 2.05) is 36.1 Å². The zero-order valence-electron chi connectivity index (χ0n) is 15.2. The molecule has 1 aliphatic heterocycles. The molecule has 5 nitrogen and oxygen atoms in total. The first-order valence-corrected chi connectivity index (χ1v) is 9.80. The van der Waals surface area contributed by atoms with Crippen LogP contribution in [0.2, 0.25) is 5.02 Å². The minimum absolute atomic E-state index is 0. The van der Waals surface area contributed by atoms with Gasteiger partial charge in [-0.05, 0) is 38.1 Å². The summed E-state index contributed by atoms with van der Waals surface area (Å²) in [6.07, 6.45) is 1.71. The Bertz CT molecular complexity index is 727. The van der Waals surface area contributed by atoms with Crippen molar-refractivity contribution >= 4 is 54.1 Å². The van der Waals surface area contributed by atoms with Gasteiger partial charge in [-0.15, -0.1) is 36.6 Å². The van der Waals surface area contributed by atoms with Crippen LogP contribution in [-0.4, -0.2) is 46.7 Å². The lowest BCUT2D eigenvalue weighted by molar-refractivity contribution is -0.133. The van der Waals surface area contributed by atoms with Crippen LogP contribution >= 0.6 is 48.2 Å². The number of carbonyl (C=O) groups is 1. The maximum atomic E-state index is 12.6. The maximum Gasteiger partial charge on any atom is 0.235 e. The molecular formula is C18H24Cl3N3O2S. The van der Waals surface area contributed by atoms with E-state index >= 15 is 0 Å². The second-order valence-corrected chi connectivity index (χ2v) is 7.93. The number of aromatic nitrogens is 1. The molecule has 1 aliphatic rings. The number of hydrogen-bond donors (Lipinski definition) is 1. The number of hydrogen-bond acceptors (Lipinski definition) is 5. The monoisotopic (exact) mass is 451 g/mol. The van der Waals surface area contributed by atoms with Gasteiger partial charge < -0.3 is 14.6 Å². The summed E-state index contributed by atoms with van der Waals surface area (Å²) >= 11 is 7.46. The number of halogens is 3. The fourth-order valence-electron chi connectivity index (χ4n) is 2.79. The van der Waals surface area contributed by atoms with E-state index in [0.717, 1.165) is 25.2 Å². The van der Waals surface area contributed by atoms with Gasteiger partial charge in [0, 0.05) is 36.3 Å². The second kappa shape index (κ2) is 11.2. The number of nitrogens with zero attached hydrogens (tertiary/aromatic N) is 2. The molecule has 0 aliphatic carbocycles. The van der Waals surface area contributed by atoms with Crippen LogP contribution in [0.3, 0.4) is 0 Å². The molecule has 0 spiro atoms. The SMILES string of the molecule is CC(SCc1ncc(-c2ccc(Cl)cc2)o1)C(=O)N1CCNC[C@H]1C.Cl.Cl. The number of rotatable bonds is 5. The summed E-state index contributed by atoms with van der Waals surface area (Å²) in [5.41, 5.74) is 0.937. The topological polar surface area (TPSA) is 58.4 Å². The number of thioether (sulfide) groups is 1. The van der Waals surface area contributed by atoms with Gasteiger partial charge in [-0.2, -0.15) is 0 Å². The first-order valence-electron chi connectivity index (χ1n) is 8.38. The first kappa shape index (κ1) is 24.1. The molecule has 2 atom stereocenters. The van der Waals surface area contributed by atoms with E-state index in [9.17, 15) is 4.79 Å². The van der Waals surface area contributed by atoms with Crippen molar-refractivity contribution in [2.45, 2.75) is 30.9 Å². The Morgan fingerprint density at radius 1 is 1.41 bits per heavy atom. The molecule has 1 unspecified atom stereocenters. The highest BCUT2D eigenvalue weighted by Crippen LogP contribution is 2.25. The summed E-state index contributed by atoms with van der Waals surface area (Å²) in [7, 11) is 0. The first-order chi connectivity index (χ1) is 12.0. The Kier molecular flexibility index (Phi) is 9.98. The van der Waals surface area contributed by atoms with E-state index in [0.29, 0.717) is 22.4 Å². The zero-order valence-corrected chi connectivity index (χ0v) is 18.4. The molecule has 1 aromatic heterocycles. The van der Waals surface area contributed by atoms with E-state index < -0.39 is 0 Å². The van der Waals surface area contributed by atoms with Crippen molar-refractivity contribution < 1.29 is 9.21 Å². The van der Waals surface area contributed by atoms with Gasteiger partial charge in [-0.1, -0.05) is 11.6 Å². The minimum atomic E-state index is -0.119. The van der Waals surface area contributed by atoms with Gasteiger partial charge in [0.2, 0.25) is 11.8 Å². The molecule has 9 heteroatoms. The van der Waals surface area contributed by atoms with E-state index in [4.69, 9.17) is 16.0 Å². The fourth-order valence-corrected chi connectivity index (χ4v) is 3.72. The van der Waals surface area contributed by atoms with Crippen molar-refractivity contribution in [3.63, 3.8) is 0 Å². The van der Waals surface area contributed by atoms with Crippen LogP contribution < -0.4 is 5.32 Å². The number of nitrogens with one attached hydrogen (secondary N) is 1. The Balaban J connectivity index is 0.00000182. The van der Waals surface area contributed by atoms with Crippen LogP contribution in [0, 0.1) is 0 Å². The molecule has 1 N–H and O–H groups in total. The van der Waals surface area contributed by atoms with Crippen molar-refractivity contribution in [1.29, 1.82) is 0 Å². The average Bonchev–Trinajstić information content (AvgIpc) is 3.09. The third-order valence-corrected chi connectivity index (χ3v) is 5.64. The van der Waals surface area contributed by atoms with Crippen molar-refractivity contribution in [2.75, 3.05) is 19.6 Å². The Morgan fingerprint density at radius 2 is 2.11 bits per heavy atom. The molecule has 1 fully saturated rings. The fraction of sp³-hybridized carbons (Fsp3) is 0.444. The summed E-state index contributed by atoms with van der Waals surface area (Å²) in [5, 5.41) is 3.87. The summed E-state index contributed by atoms with van der Waals surface area (Å²) in [6, 6.07) is 7.68. The molecule has 3 rings (SSSR count). The number of piperazine rings is 1. The largest absolute Gasteiger partial charge is 0.440 e. The number of amides is 1. The Labute approximate surface area is 181 Å². The predicted molar refractivity (Wildman–Crippen MR) is 116 cm³/mol. The van der Waals surface area contributed by atoms with E-state index in [2.05, 4.69) is 17.2 Å².